The van der Waals surface area contributed by atoms with Gasteiger partial charge in [0, 0.05) is 34.3 Å². The van der Waals surface area contributed by atoms with E-state index in [1.54, 1.807) is 0 Å². The van der Waals surface area contributed by atoms with Gasteiger partial charge in [-0.25, -0.2) is 0 Å². The fourth-order valence-corrected chi connectivity index (χ4v) is 2.45. The van der Waals surface area contributed by atoms with Crippen LogP contribution in [0.5, 0.6) is 0 Å². The molecule has 15 heavy (non-hydrogen) atoms. The molecule has 0 amide bonds. The first-order valence-corrected chi connectivity index (χ1v) is 6.26. The van der Waals surface area contributed by atoms with Crippen molar-refractivity contribution in [3.05, 3.63) is 30.0 Å². The number of nitrogens with two attached hydrogens (primary N) is 1. The lowest BCUT2D eigenvalue weighted by molar-refractivity contribution is 1.14. The first-order chi connectivity index (χ1) is 7.35. The van der Waals surface area contributed by atoms with Crippen molar-refractivity contribution in [1.82, 2.24) is 4.98 Å². The van der Waals surface area contributed by atoms with Gasteiger partial charge in [-0.3, -0.25) is 0 Å². The van der Waals surface area contributed by atoms with Crippen LogP contribution in [0.1, 0.15) is 12.5 Å². The third kappa shape index (κ3) is 2.19. The molecule has 0 aliphatic rings. The molecule has 0 aliphatic carbocycles. The van der Waals surface area contributed by atoms with E-state index in [2.05, 4.69) is 36.3 Å². The molecular weight excluding hydrogens is 204 g/mol. The summed E-state index contributed by atoms with van der Waals surface area (Å²) in [7, 11) is 0. The number of aromatic amines is 1. The maximum Gasteiger partial charge on any atom is 0.0465 e. The average molecular weight is 220 g/mol. The molecular formula is C12H16N2S. The van der Waals surface area contributed by atoms with Crippen LogP contribution in [0.3, 0.4) is 0 Å². The normalized spacial score (nSPS) is 11.1. The maximum absolute atomic E-state index is 5.51. The Bertz CT molecular complexity index is 448. The van der Waals surface area contributed by atoms with Crippen molar-refractivity contribution >= 4 is 22.7 Å². The van der Waals surface area contributed by atoms with Crippen molar-refractivity contribution in [1.29, 1.82) is 0 Å². The topological polar surface area (TPSA) is 41.8 Å². The predicted octanol–water partition coefficient (Wildman–Crippen LogP) is 2.78. The van der Waals surface area contributed by atoms with Crippen molar-refractivity contribution in [3.63, 3.8) is 0 Å². The smallest absolute Gasteiger partial charge is 0.0465 e. The van der Waals surface area contributed by atoms with Crippen molar-refractivity contribution in [3.8, 4) is 0 Å². The highest BCUT2D eigenvalue weighted by Crippen LogP contribution is 2.28. The van der Waals surface area contributed by atoms with Gasteiger partial charge in [-0.15, -0.1) is 11.8 Å². The minimum Gasteiger partial charge on any atom is -0.360 e. The van der Waals surface area contributed by atoms with Gasteiger partial charge in [0.25, 0.3) is 0 Å². The SMILES string of the molecule is CCc1ccc2[nH]cc(SCCN)c2c1. The highest BCUT2D eigenvalue weighted by molar-refractivity contribution is 7.99. The Labute approximate surface area is 94.2 Å². The van der Waals surface area contributed by atoms with E-state index >= 15 is 0 Å². The Morgan fingerprint density at radius 1 is 1.40 bits per heavy atom. The first kappa shape index (κ1) is 10.6. The molecule has 0 saturated heterocycles. The van der Waals surface area contributed by atoms with Gasteiger partial charge in [0.15, 0.2) is 0 Å². The fourth-order valence-electron chi connectivity index (χ4n) is 1.65. The van der Waals surface area contributed by atoms with E-state index in [0.717, 1.165) is 18.7 Å². The quantitative estimate of drug-likeness (QED) is 0.778. The molecule has 0 unspecified atom stereocenters. The van der Waals surface area contributed by atoms with Crippen LogP contribution in [-0.4, -0.2) is 17.3 Å². The maximum atomic E-state index is 5.51. The van der Waals surface area contributed by atoms with Gasteiger partial charge < -0.3 is 10.7 Å². The second-order valence-electron chi connectivity index (χ2n) is 3.52. The summed E-state index contributed by atoms with van der Waals surface area (Å²) in [6.45, 7) is 2.91. The van der Waals surface area contributed by atoms with Gasteiger partial charge in [-0.1, -0.05) is 13.0 Å². The van der Waals surface area contributed by atoms with Crippen LogP contribution in [0, 0.1) is 0 Å². The Kier molecular flexibility index (Phi) is 3.34. The molecule has 1 aromatic heterocycles. The lowest BCUT2D eigenvalue weighted by atomic mass is 10.1. The van der Waals surface area contributed by atoms with Crippen LogP contribution in [0.2, 0.25) is 0 Å². The molecule has 1 aromatic carbocycles. The summed E-state index contributed by atoms with van der Waals surface area (Å²) in [4.78, 5) is 4.60. The summed E-state index contributed by atoms with van der Waals surface area (Å²) in [6, 6.07) is 6.60. The van der Waals surface area contributed by atoms with E-state index in [1.807, 2.05) is 11.8 Å². The molecule has 0 atom stereocenters. The van der Waals surface area contributed by atoms with Crippen LogP contribution in [0.25, 0.3) is 10.9 Å². The zero-order chi connectivity index (χ0) is 10.7. The molecule has 2 aromatic rings. The van der Waals surface area contributed by atoms with Gasteiger partial charge in [-0.2, -0.15) is 0 Å². The molecule has 3 heteroatoms. The highest BCUT2D eigenvalue weighted by Gasteiger charge is 2.04. The molecule has 1 heterocycles. The number of rotatable bonds is 4. The summed E-state index contributed by atoms with van der Waals surface area (Å²) in [5.41, 5.74) is 8.11. The Morgan fingerprint density at radius 3 is 3.00 bits per heavy atom. The number of fused-ring (bicyclic) bond motifs is 1. The second-order valence-corrected chi connectivity index (χ2v) is 4.66. The molecule has 0 radical (unpaired) electrons. The molecule has 2 rings (SSSR count). The largest absolute Gasteiger partial charge is 0.360 e. The molecule has 2 nitrogen and oxygen atoms in total. The second kappa shape index (κ2) is 4.73. The standard InChI is InChI=1S/C12H16N2S/c1-2-9-3-4-11-10(7-9)12(8-14-11)15-6-5-13/h3-4,7-8,14H,2,5-6,13H2,1H3. The number of H-pyrrole nitrogens is 1. The summed E-state index contributed by atoms with van der Waals surface area (Å²) in [5, 5.41) is 1.33. The number of hydrogen-bond acceptors (Lipinski definition) is 2. The third-order valence-corrected chi connectivity index (χ3v) is 3.58. The van der Waals surface area contributed by atoms with Crippen molar-refractivity contribution in [2.75, 3.05) is 12.3 Å². The number of hydrogen-bond donors (Lipinski definition) is 2. The van der Waals surface area contributed by atoms with Crippen LogP contribution in [0.15, 0.2) is 29.3 Å². The van der Waals surface area contributed by atoms with E-state index in [1.165, 1.54) is 21.4 Å². The van der Waals surface area contributed by atoms with Crippen molar-refractivity contribution in [2.24, 2.45) is 5.73 Å². The Balaban J connectivity index is 2.38. The molecule has 3 N–H and O–H groups in total. The van der Waals surface area contributed by atoms with Crippen LogP contribution < -0.4 is 5.73 Å². The summed E-state index contributed by atoms with van der Waals surface area (Å²) in [6.07, 6.45) is 3.16. The Hall–Kier alpha value is -0.930. The zero-order valence-electron chi connectivity index (χ0n) is 8.92. The van der Waals surface area contributed by atoms with E-state index in [-0.39, 0.29) is 0 Å². The molecule has 0 fully saturated rings. The van der Waals surface area contributed by atoms with Gasteiger partial charge in [0.2, 0.25) is 0 Å². The molecule has 0 saturated carbocycles. The van der Waals surface area contributed by atoms with E-state index in [0.29, 0.717) is 0 Å². The van der Waals surface area contributed by atoms with Crippen molar-refractivity contribution in [2.45, 2.75) is 18.2 Å². The van der Waals surface area contributed by atoms with Crippen LogP contribution in [-0.2, 0) is 6.42 Å². The number of aryl methyl sites for hydroxylation is 1. The van der Waals surface area contributed by atoms with Gasteiger partial charge in [-0.05, 0) is 24.1 Å². The first-order valence-electron chi connectivity index (χ1n) is 5.28. The van der Waals surface area contributed by atoms with E-state index in [9.17, 15) is 0 Å². The van der Waals surface area contributed by atoms with Gasteiger partial charge in [0.1, 0.15) is 0 Å². The fraction of sp³-hybridized carbons (Fsp3) is 0.333. The number of nitrogens with one attached hydrogen (secondary N) is 1. The van der Waals surface area contributed by atoms with E-state index < -0.39 is 0 Å². The minimum atomic E-state index is 0.727. The predicted molar refractivity (Wildman–Crippen MR) is 67.5 cm³/mol. The van der Waals surface area contributed by atoms with Crippen LogP contribution in [0.4, 0.5) is 0 Å². The average Bonchev–Trinajstić information content (AvgIpc) is 2.68. The number of thioether (sulfide) groups is 1. The monoisotopic (exact) mass is 220 g/mol. The van der Waals surface area contributed by atoms with Gasteiger partial charge >= 0.3 is 0 Å². The van der Waals surface area contributed by atoms with Crippen molar-refractivity contribution < 1.29 is 0 Å². The third-order valence-electron chi connectivity index (χ3n) is 2.49. The summed E-state index contributed by atoms with van der Waals surface area (Å²) < 4.78 is 0. The lowest BCUT2D eigenvalue weighted by Gasteiger charge is -1.99. The zero-order valence-corrected chi connectivity index (χ0v) is 9.73. The highest BCUT2D eigenvalue weighted by atomic mass is 32.2. The molecule has 0 spiro atoms. The van der Waals surface area contributed by atoms with Gasteiger partial charge in [0.05, 0.1) is 0 Å². The summed E-state index contributed by atoms with van der Waals surface area (Å²) in [5.74, 6) is 0.976. The van der Waals surface area contributed by atoms with Crippen LogP contribution >= 0.6 is 11.8 Å². The minimum absolute atomic E-state index is 0.727. The summed E-state index contributed by atoms with van der Waals surface area (Å²) >= 11 is 1.82. The molecule has 0 aliphatic heterocycles. The Morgan fingerprint density at radius 2 is 2.27 bits per heavy atom. The lowest BCUT2D eigenvalue weighted by Crippen LogP contribution is -2.00. The van der Waals surface area contributed by atoms with E-state index in [4.69, 9.17) is 5.73 Å². The molecule has 0 bridgehead atoms. The number of benzene rings is 1. The molecule has 80 valence electrons. The number of aromatic nitrogens is 1.